The van der Waals surface area contributed by atoms with E-state index in [1.54, 1.807) is 6.07 Å². The summed E-state index contributed by atoms with van der Waals surface area (Å²) in [5, 5.41) is 1.02. The molecular formula is C11H12ClNOS. The number of benzene rings is 1. The first-order chi connectivity index (χ1) is 7.08. The standard InChI is InChI=1S/C11H12ClNOS/c1-13(2)6-10-8-4-3-7(12)5-9(8)11(14)15-10/h3-5,10H,6H2,1-2H3/t10-/m0/s1. The summed E-state index contributed by atoms with van der Waals surface area (Å²) < 4.78 is 0. The number of carbonyl (C=O) groups excluding carboxylic acids is 1. The Bertz CT molecular complexity index is 406. The number of rotatable bonds is 2. The van der Waals surface area contributed by atoms with E-state index in [0.717, 1.165) is 17.7 Å². The highest BCUT2D eigenvalue weighted by Crippen LogP contribution is 2.42. The van der Waals surface area contributed by atoms with Crippen LogP contribution in [0.3, 0.4) is 0 Å². The molecule has 1 aromatic rings. The second kappa shape index (κ2) is 4.16. The molecule has 1 heterocycles. The smallest absolute Gasteiger partial charge is 0.220 e. The van der Waals surface area contributed by atoms with Gasteiger partial charge in [0.2, 0.25) is 5.12 Å². The van der Waals surface area contributed by atoms with Crippen molar-refractivity contribution in [1.82, 2.24) is 4.90 Å². The predicted octanol–water partition coefficient (Wildman–Crippen LogP) is 2.83. The van der Waals surface area contributed by atoms with Gasteiger partial charge in [-0.1, -0.05) is 29.4 Å². The zero-order chi connectivity index (χ0) is 11.0. The van der Waals surface area contributed by atoms with E-state index in [0.29, 0.717) is 5.02 Å². The first kappa shape index (κ1) is 11.0. The summed E-state index contributed by atoms with van der Waals surface area (Å²) in [6.07, 6.45) is 0. The third kappa shape index (κ3) is 2.19. The van der Waals surface area contributed by atoms with Crippen LogP contribution in [0.15, 0.2) is 18.2 Å². The monoisotopic (exact) mass is 241 g/mol. The number of hydrogen-bond donors (Lipinski definition) is 0. The van der Waals surface area contributed by atoms with Crippen LogP contribution < -0.4 is 0 Å². The molecule has 1 aliphatic heterocycles. The van der Waals surface area contributed by atoms with Crippen molar-refractivity contribution < 1.29 is 4.79 Å². The third-order valence-electron chi connectivity index (χ3n) is 2.36. The predicted molar refractivity (Wildman–Crippen MR) is 64.7 cm³/mol. The van der Waals surface area contributed by atoms with Crippen LogP contribution in [0.5, 0.6) is 0 Å². The number of likely N-dealkylation sites (N-methyl/N-ethyl adjacent to an activating group) is 1. The Labute approximate surface area is 98.6 Å². The summed E-state index contributed by atoms with van der Waals surface area (Å²) in [6, 6.07) is 5.58. The number of thioether (sulfide) groups is 1. The van der Waals surface area contributed by atoms with Gasteiger partial charge in [0, 0.05) is 17.1 Å². The van der Waals surface area contributed by atoms with Crippen LogP contribution in [0.4, 0.5) is 0 Å². The number of nitrogens with zero attached hydrogens (tertiary/aromatic N) is 1. The van der Waals surface area contributed by atoms with E-state index in [1.165, 1.54) is 11.8 Å². The molecule has 15 heavy (non-hydrogen) atoms. The Morgan fingerprint density at radius 3 is 2.87 bits per heavy atom. The Kier molecular flexibility index (Phi) is 3.05. The first-order valence-corrected chi connectivity index (χ1v) is 5.99. The van der Waals surface area contributed by atoms with Gasteiger partial charge in [-0.05, 0) is 31.8 Å². The minimum Gasteiger partial charge on any atom is -0.308 e. The number of halogens is 1. The molecule has 0 unspecified atom stereocenters. The summed E-state index contributed by atoms with van der Waals surface area (Å²) in [6.45, 7) is 0.880. The highest BCUT2D eigenvalue weighted by molar-refractivity contribution is 8.14. The maximum Gasteiger partial charge on any atom is 0.220 e. The number of carbonyl (C=O) groups is 1. The molecule has 2 nitrogen and oxygen atoms in total. The molecule has 0 spiro atoms. The largest absolute Gasteiger partial charge is 0.308 e. The van der Waals surface area contributed by atoms with Gasteiger partial charge < -0.3 is 4.90 Å². The van der Waals surface area contributed by atoms with Crippen molar-refractivity contribution in [2.75, 3.05) is 20.6 Å². The normalized spacial score (nSPS) is 19.7. The maximum absolute atomic E-state index is 11.7. The minimum atomic E-state index is 0.138. The average molecular weight is 242 g/mol. The number of fused-ring (bicyclic) bond motifs is 1. The summed E-state index contributed by atoms with van der Waals surface area (Å²) in [5.41, 5.74) is 1.89. The van der Waals surface area contributed by atoms with Gasteiger partial charge in [-0.15, -0.1) is 0 Å². The second-order valence-corrected chi connectivity index (χ2v) is 5.50. The Hall–Kier alpha value is -0.510. The molecule has 2 rings (SSSR count). The van der Waals surface area contributed by atoms with E-state index in [2.05, 4.69) is 4.90 Å². The van der Waals surface area contributed by atoms with Crippen molar-refractivity contribution in [3.8, 4) is 0 Å². The Morgan fingerprint density at radius 1 is 1.47 bits per heavy atom. The Balaban J connectivity index is 2.34. The Morgan fingerprint density at radius 2 is 2.20 bits per heavy atom. The van der Waals surface area contributed by atoms with Crippen molar-refractivity contribution in [3.05, 3.63) is 34.3 Å². The molecule has 1 atom stereocenters. The van der Waals surface area contributed by atoms with Gasteiger partial charge in [-0.3, -0.25) is 4.79 Å². The highest BCUT2D eigenvalue weighted by Gasteiger charge is 2.30. The fourth-order valence-electron chi connectivity index (χ4n) is 1.71. The second-order valence-electron chi connectivity index (χ2n) is 3.89. The van der Waals surface area contributed by atoms with Crippen LogP contribution in [0.25, 0.3) is 0 Å². The van der Waals surface area contributed by atoms with Crippen LogP contribution in [0, 0.1) is 0 Å². The number of hydrogen-bond acceptors (Lipinski definition) is 3. The highest BCUT2D eigenvalue weighted by atomic mass is 35.5. The third-order valence-corrected chi connectivity index (χ3v) is 3.72. The van der Waals surface area contributed by atoms with Gasteiger partial charge in [0.25, 0.3) is 0 Å². The molecule has 4 heteroatoms. The van der Waals surface area contributed by atoms with E-state index in [9.17, 15) is 4.79 Å². The first-order valence-electron chi connectivity index (χ1n) is 4.73. The van der Waals surface area contributed by atoms with Gasteiger partial charge in [-0.25, -0.2) is 0 Å². The van der Waals surface area contributed by atoms with Gasteiger partial charge in [-0.2, -0.15) is 0 Å². The van der Waals surface area contributed by atoms with Crippen LogP contribution in [-0.2, 0) is 0 Å². The zero-order valence-electron chi connectivity index (χ0n) is 8.66. The van der Waals surface area contributed by atoms with Crippen LogP contribution in [0.1, 0.15) is 21.2 Å². The lowest BCUT2D eigenvalue weighted by Crippen LogP contribution is -2.17. The van der Waals surface area contributed by atoms with E-state index < -0.39 is 0 Å². The molecule has 0 aliphatic carbocycles. The minimum absolute atomic E-state index is 0.138. The van der Waals surface area contributed by atoms with Crippen LogP contribution in [-0.4, -0.2) is 30.7 Å². The molecule has 0 bridgehead atoms. The fraction of sp³-hybridized carbons (Fsp3) is 0.364. The molecule has 0 saturated carbocycles. The lowest BCUT2D eigenvalue weighted by Gasteiger charge is -2.15. The van der Waals surface area contributed by atoms with Gasteiger partial charge in [0.15, 0.2) is 0 Å². The van der Waals surface area contributed by atoms with Crippen molar-refractivity contribution in [2.24, 2.45) is 0 Å². The molecule has 80 valence electrons. The van der Waals surface area contributed by atoms with Crippen molar-refractivity contribution in [1.29, 1.82) is 0 Å². The molecule has 0 amide bonds. The van der Waals surface area contributed by atoms with Crippen LogP contribution >= 0.6 is 23.4 Å². The summed E-state index contributed by atoms with van der Waals surface area (Å²) in [7, 11) is 4.03. The average Bonchev–Trinajstić information content (AvgIpc) is 2.42. The molecule has 0 fully saturated rings. The van der Waals surface area contributed by atoms with Crippen molar-refractivity contribution >= 4 is 28.5 Å². The van der Waals surface area contributed by atoms with E-state index in [-0.39, 0.29) is 10.4 Å². The fourth-order valence-corrected chi connectivity index (χ4v) is 3.15. The van der Waals surface area contributed by atoms with E-state index >= 15 is 0 Å². The molecule has 1 aliphatic rings. The molecule has 0 N–H and O–H groups in total. The zero-order valence-corrected chi connectivity index (χ0v) is 10.2. The quantitative estimate of drug-likeness (QED) is 0.794. The lowest BCUT2D eigenvalue weighted by atomic mass is 10.1. The maximum atomic E-state index is 11.7. The SMILES string of the molecule is CN(C)C[C@@H]1SC(=O)c2cc(Cl)ccc21. The molecule has 0 radical (unpaired) electrons. The molecule has 1 aromatic carbocycles. The lowest BCUT2D eigenvalue weighted by molar-refractivity contribution is 0.109. The van der Waals surface area contributed by atoms with Crippen molar-refractivity contribution in [2.45, 2.75) is 5.25 Å². The topological polar surface area (TPSA) is 20.3 Å². The molecule has 0 aromatic heterocycles. The summed E-state index contributed by atoms with van der Waals surface area (Å²) >= 11 is 7.26. The van der Waals surface area contributed by atoms with Crippen molar-refractivity contribution in [3.63, 3.8) is 0 Å². The van der Waals surface area contributed by atoms with E-state index in [4.69, 9.17) is 11.6 Å². The molecular weight excluding hydrogens is 230 g/mol. The summed E-state index contributed by atoms with van der Waals surface area (Å²) in [5.74, 6) is 0. The van der Waals surface area contributed by atoms with Gasteiger partial charge in [0.1, 0.15) is 0 Å². The van der Waals surface area contributed by atoms with Crippen LogP contribution in [0.2, 0.25) is 5.02 Å². The van der Waals surface area contributed by atoms with Gasteiger partial charge in [0.05, 0.1) is 5.25 Å². The molecule has 0 saturated heterocycles. The summed E-state index contributed by atoms with van der Waals surface area (Å²) in [4.78, 5) is 13.8. The van der Waals surface area contributed by atoms with Gasteiger partial charge >= 0.3 is 0 Å². The van der Waals surface area contributed by atoms with E-state index in [1.807, 2.05) is 26.2 Å².